The van der Waals surface area contributed by atoms with Crippen LogP contribution in [0.3, 0.4) is 0 Å². The van der Waals surface area contributed by atoms with Gasteiger partial charge in [0.2, 0.25) is 0 Å². The molecule has 1 heterocycles. The van der Waals surface area contributed by atoms with Crippen LogP contribution in [-0.4, -0.2) is 33.6 Å². The summed E-state index contributed by atoms with van der Waals surface area (Å²) in [5.74, 6) is -2.19. The second-order valence-electron chi connectivity index (χ2n) is 4.48. The van der Waals surface area contributed by atoms with Crippen LogP contribution in [0, 0.1) is 6.92 Å². The molecule has 0 bridgehead atoms. The summed E-state index contributed by atoms with van der Waals surface area (Å²) in [6, 6.07) is 9.02. The minimum atomic E-state index is -1.17. The first-order chi connectivity index (χ1) is 9.99. The molecule has 2 rings (SSSR count). The standard InChI is InChI=1S/C15H14N2O4/c1-9-4-2-3-5-11(9)10-6-12(18)14(16-7-10)15(21)17-8-13(19)20/h2-7,18H,8H2,1H3,(H,17,21)(H,19,20). The number of pyridine rings is 1. The highest BCUT2D eigenvalue weighted by Crippen LogP contribution is 2.26. The Morgan fingerprint density at radius 1 is 1.29 bits per heavy atom. The third kappa shape index (κ3) is 3.36. The van der Waals surface area contributed by atoms with Gasteiger partial charge in [0.1, 0.15) is 12.3 Å². The van der Waals surface area contributed by atoms with E-state index in [0.29, 0.717) is 5.56 Å². The number of amides is 1. The van der Waals surface area contributed by atoms with Gasteiger partial charge in [-0.15, -0.1) is 0 Å². The fourth-order valence-electron chi connectivity index (χ4n) is 1.91. The Labute approximate surface area is 121 Å². The quantitative estimate of drug-likeness (QED) is 0.792. The summed E-state index contributed by atoms with van der Waals surface area (Å²) in [4.78, 5) is 26.0. The van der Waals surface area contributed by atoms with E-state index in [1.807, 2.05) is 31.2 Å². The first kappa shape index (κ1) is 14.5. The number of aromatic hydroxyl groups is 1. The van der Waals surface area contributed by atoms with Crippen LogP contribution in [0.25, 0.3) is 11.1 Å². The smallest absolute Gasteiger partial charge is 0.322 e. The van der Waals surface area contributed by atoms with Gasteiger partial charge in [0.05, 0.1) is 0 Å². The van der Waals surface area contributed by atoms with Crippen LogP contribution in [0.15, 0.2) is 36.5 Å². The molecule has 1 amide bonds. The molecule has 3 N–H and O–H groups in total. The van der Waals surface area contributed by atoms with Crippen molar-refractivity contribution in [1.82, 2.24) is 10.3 Å². The lowest BCUT2D eigenvalue weighted by atomic mass is 10.0. The number of carboxylic acids is 1. The second kappa shape index (κ2) is 6.04. The number of hydrogen-bond acceptors (Lipinski definition) is 4. The van der Waals surface area contributed by atoms with Crippen LogP contribution in [0.5, 0.6) is 5.75 Å². The molecule has 6 heteroatoms. The van der Waals surface area contributed by atoms with E-state index in [4.69, 9.17) is 5.11 Å². The minimum absolute atomic E-state index is 0.200. The summed E-state index contributed by atoms with van der Waals surface area (Å²) in [6.07, 6.45) is 1.47. The van der Waals surface area contributed by atoms with E-state index in [-0.39, 0.29) is 11.4 Å². The van der Waals surface area contributed by atoms with Gasteiger partial charge in [0.15, 0.2) is 5.69 Å². The van der Waals surface area contributed by atoms with Crippen LogP contribution in [0.1, 0.15) is 16.1 Å². The van der Waals surface area contributed by atoms with E-state index in [2.05, 4.69) is 10.3 Å². The predicted octanol–water partition coefficient (Wildman–Crippen LogP) is 1.58. The van der Waals surface area contributed by atoms with Crippen LogP contribution in [-0.2, 0) is 4.79 Å². The zero-order chi connectivity index (χ0) is 15.4. The molecule has 6 nitrogen and oxygen atoms in total. The number of nitrogens with one attached hydrogen (secondary N) is 1. The van der Waals surface area contributed by atoms with Gasteiger partial charge in [-0.2, -0.15) is 0 Å². The number of aliphatic carboxylic acids is 1. The molecule has 1 aromatic heterocycles. The first-order valence-corrected chi connectivity index (χ1v) is 6.24. The number of nitrogens with zero attached hydrogens (tertiary/aromatic N) is 1. The first-order valence-electron chi connectivity index (χ1n) is 6.24. The maximum Gasteiger partial charge on any atom is 0.322 e. The predicted molar refractivity (Wildman–Crippen MR) is 76.0 cm³/mol. The largest absolute Gasteiger partial charge is 0.505 e. The van der Waals surface area contributed by atoms with Crippen molar-refractivity contribution in [3.63, 3.8) is 0 Å². The average molecular weight is 286 g/mol. The van der Waals surface area contributed by atoms with Crippen molar-refractivity contribution >= 4 is 11.9 Å². The summed E-state index contributed by atoms with van der Waals surface area (Å²) in [5.41, 5.74) is 2.40. The van der Waals surface area contributed by atoms with Gasteiger partial charge in [0.25, 0.3) is 5.91 Å². The number of aryl methyl sites for hydroxylation is 1. The lowest BCUT2D eigenvalue weighted by Crippen LogP contribution is -2.29. The van der Waals surface area contributed by atoms with Crippen molar-refractivity contribution in [3.8, 4) is 16.9 Å². The van der Waals surface area contributed by atoms with E-state index in [1.54, 1.807) is 0 Å². The summed E-state index contributed by atoms with van der Waals surface area (Å²) < 4.78 is 0. The molecular weight excluding hydrogens is 272 g/mol. The third-order valence-electron chi connectivity index (χ3n) is 2.94. The molecule has 0 aliphatic rings. The Kier molecular flexibility index (Phi) is 4.18. The molecule has 0 saturated carbocycles. The van der Waals surface area contributed by atoms with Gasteiger partial charge in [0, 0.05) is 11.8 Å². The maximum absolute atomic E-state index is 11.7. The second-order valence-corrected chi connectivity index (χ2v) is 4.48. The third-order valence-corrected chi connectivity index (χ3v) is 2.94. The molecule has 0 fully saturated rings. The van der Waals surface area contributed by atoms with E-state index in [9.17, 15) is 14.7 Å². The van der Waals surface area contributed by atoms with Crippen LogP contribution < -0.4 is 5.32 Å². The molecular formula is C15H14N2O4. The molecule has 1 aromatic carbocycles. The topological polar surface area (TPSA) is 99.5 Å². The summed E-state index contributed by atoms with van der Waals surface area (Å²) in [7, 11) is 0. The van der Waals surface area contributed by atoms with Crippen LogP contribution >= 0.6 is 0 Å². The minimum Gasteiger partial charge on any atom is -0.505 e. The van der Waals surface area contributed by atoms with Crippen molar-refractivity contribution in [2.75, 3.05) is 6.54 Å². The summed E-state index contributed by atoms with van der Waals surface area (Å²) >= 11 is 0. The Bertz CT molecular complexity index is 698. The number of aromatic nitrogens is 1. The SMILES string of the molecule is Cc1ccccc1-c1cnc(C(=O)NCC(=O)O)c(O)c1. The summed E-state index contributed by atoms with van der Waals surface area (Å²) in [5, 5.41) is 20.6. The van der Waals surface area contributed by atoms with Crippen molar-refractivity contribution in [3.05, 3.63) is 47.8 Å². The van der Waals surface area contributed by atoms with E-state index >= 15 is 0 Å². The number of carbonyl (C=O) groups is 2. The van der Waals surface area contributed by atoms with Crippen LogP contribution in [0.4, 0.5) is 0 Å². The molecule has 108 valence electrons. The Morgan fingerprint density at radius 2 is 2.00 bits per heavy atom. The number of carboxylic acid groups (broad SMARTS) is 1. The van der Waals surface area contributed by atoms with Crippen molar-refractivity contribution in [2.45, 2.75) is 6.92 Å². The molecule has 0 unspecified atom stereocenters. The Hall–Kier alpha value is -2.89. The zero-order valence-electron chi connectivity index (χ0n) is 11.3. The fraction of sp³-hybridized carbons (Fsp3) is 0.133. The molecule has 0 atom stereocenters. The average Bonchev–Trinajstić information content (AvgIpc) is 2.45. The van der Waals surface area contributed by atoms with Gasteiger partial charge in [-0.05, 0) is 24.1 Å². The molecule has 0 spiro atoms. The zero-order valence-corrected chi connectivity index (χ0v) is 11.3. The van der Waals surface area contributed by atoms with Gasteiger partial charge in [-0.1, -0.05) is 24.3 Å². The maximum atomic E-state index is 11.7. The highest BCUT2D eigenvalue weighted by molar-refractivity contribution is 5.96. The fourth-order valence-corrected chi connectivity index (χ4v) is 1.91. The number of rotatable bonds is 4. The molecule has 0 aliphatic heterocycles. The van der Waals surface area contributed by atoms with Gasteiger partial charge in [-0.3, -0.25) is 9.59 Å². The monoisotopic (exact) mass is 286 g/mol. The lowest BCUT2D eigenvalue weighted by molar-refractivity contribution is -0.135. The highest BCUT2D eigenvalue weighted by atomic mass is 16.4. The summed E-state index contributed by atoms with van der Waals surface area (Å²) in [6.45, 7) is 1.40. The van der Waals surface area contributed by atoms with Gasteiger partial charge < -0.3 is 15.5 Å². The number of hydrogen-bond donors (Lipinski definition) is 3. The van der Waals surface area contributed by atoms with E-state index < -0.39 is 18.4 Å². The van der Waals surface area contributed by atoms with Crippen molar-refractivity contribution in [1.29, 1.82) is 0 Å². The van der Waals surface area contributed by atoms with Crippen LogP contribution in [0.2, 0.25) is 0 Å². The number of carbonyl (C=O) groups excluding carboxylic acids is 1. The molecule has 2 aromatic rings. The van der Waals surface area contributed by atoms with Gasteiger partial charge >= 0.3 is 5.97 Å². The normalized spacial score (nSPS) is 10.1. The number of benzene rings is 1. The molecule has 0 radical (unpaired) electrons. The van der Waals surface area contributed by atoms with Gasteiger partial charge in [-0.25, -0.2) is 4.98 Å². The van der Waals surface area contributed by atoms with E-state index in [0.717, 1.165) is 11.1 Å². The highest BCUT2D eigenvalue weighted by Gasteiger charge is 2.15. The molecule has 0 aliphatic carbocycles. The Morgan fingerprint density at radius 3 is 2.62 bits per heavy atom. The van der Waals surface area contributed by atoms with Crippen molar-refractivity contribution in [2.24, 2.45) is 0 Å². The lowest BCUT2D eigenvalue weighted by Gasteiger charge is -2.08. The van der Waals surface area contributed by atoms with E-state index in [1.165, 1.54) is 12.3 Å². The Balaban J connectivity index is 2.28. The molecule has 0 saturated heterocycles. The van der Waals surface area contributed by atoms with Crippen molar-refractivity contribution < 1.29 is 19.8 Å². The molecule has 21 heavy (non-hydrogen) atoms.